The fourth-order valence-corrected chi connectivity index (χ4v) is 0.843. The molecule has 0 spiro atoms. The van der Waals surface area contributed by atoms with E-state index in [-0.39, 0.29) is 5.82 Å². The van der Waals surface area contributed by atoms with Gasteiger partial charge >= 0.3 is 12.1 Å². The van der Waals surface area contributed by atoms with E-state index in [4.69, 9.17) is 5.11 Å². The largest absolute Gasteiger partial charge is 0.478 e. The summed E-state index contributed by atoms with van der Waals surface area (Å²) in [5.74, 6) is -1.82. The molecule has 1 aromatic rings. The number of carbonyl (C=O) groups is 1. The van der Waals surface area contributed by atoms with Crippen LogP contribution >= 0.6 is 0 Å². The van der Waals surface area contributed by atoms with Crippen LogP contribution in [0, 0.1) is 6.92 Å². The molecule has 1 heterocycles. The van der Waals surface area contributed by atoms with Gasteiger partial charge in [-0.05, 0) is 6.92 Å². The number of carboxylic acid groups (broad SMARTS) is 1. The maximum Gasteiger partial charge on any atom is 0.434 e. The number of halogens is 3. The molecule has 0 atom stereocenters. The summed E-state index contributed by atoms with van der Waals surface area (Å²) >= 11 is 0. The number of aryl methyl sites for hydroxylation is 1. The van der Waals surface area contributed by atoms with Crippen LogP contribution in [0.15, 0.2) is 6.20 Å². The molecule has 1 N–H and O–H groups in total. The third kappa shape index (κ3) is 1.98. The summed E-state index contributed by atoms with van der Waals surface area (Å²) in [6, 6.07) is 0. The van der Waals surface area contributed by atoms with Crippen LogP contribution in [0.2, 0.25) is 0 Å². The van der Waals surface area contributed by atoms with Crippen molar-refractivity contribution in [2.24, 2.45) is 0 Å². The molecule has 14 heavy (non-hydrogen) atoms. The number of hydrogen-bond donors (Lipinski definition) is 1. The zero-order valence-corrected chi connectivity index (χ0v) is 6.96. The average molecular weight is 206 g/mol. The van der Waals surface area contributed by atoms with Crippen molar-refractivity contribution in [3.63, 3.8) is 0 Å². The SMILES string of the molecule is Cc1ncc(C(=O)O)c(C(F)(F)F)n1. The maximum atomic E-state index is 12.2. The molecule has 0 saturated heterocycles. The Labute approximate surface area is 76.4 Å². The highest BCUT2D eigenvalue weighted by atomic mass is 19.4. The van der Waals surface area contributed by atoms with Gasteiger partial charge in [0.25, 0.3) is 0 Å². The zero-order valence-electron chi connectivity index (χ0n) is 6.96. The van der Waals surface area contributed by atoms with Crippen molar-refractivity contribution in [3.8, 4) is 0 Å². The second kappa shape index (κ2) is 3.24. The minimum absolute atomic E-state index is 0.123. The average Bonchev–Trinajstić information content (AvgIpc) is 2.01. The summed E-state index contributed by atoms with van der Waals surface area (Å²) < 4.78 is 36.7. The van der Waals surface area contributed by atoms with Crippen molar-refractivity contribution in [2.45, 2.75) is 13.1 Å². The van der Waals surface area contributed by atoms with Crippen molar-refractivity contribution >= 4 is 5.97 Å². The highest BCUT2D eigenvalue weighted by Crippen LogP contribution is 2.29. The number of aromatic nitrogens is 2. The molecule has 1 aromatic heterocycles. The van der Waals surface area contributed by atoms with Crippen LogP contribution in [0.5, 0.6) is 0 Å². The Morgan fingerprint density at radius 1 is 1.50 bits per heavy atom. The smallest absolute Gasteiger partial charge is 0.434 e. The van der Waals surface area contributed by atoms with Gasteiger partial charge in [-0.2, -0.15) is 13.2 Å². The van der Waals surface area contributed by atoms with Crippen molar-refractivity contribution in [1.29, 1.82) is 0 Å². The minimum Gasteiger partial charge on any atom is -0.478 e. The van der Waals surface area contributed by atoms with Gasteiger partial charge in [0.1, 0.15) is 11.4 Å². The summed E-state index contributed by atoms with van der Waals surface area (Å²) in [5.41, 5.74) is -2.36. The Morgan fingerprint density at radius 2 is 2.07 bits per heavy atom. The number of nitrogens with zero attached hydrogens (tertiary/aromatic N) is 2. The summed E-state index contributed by atoms with van der Waals surface area (Å²) in [6.45, 7) is 1.25. The van der Waals surface area contributed by atoms with E-state index in [2.05, 4.69) is 9.97 Å². The van der Waals surface area contributed by atoms with E-state index in [1.807, 2.05) is 0 Å². The van der Waals surface area contributed by atoms with E-state index in [1.54, 1.807) is 0 Å². The number of alkyl halides is 3. The quantitative estimate of drug-likeness (QED) is 0.756. The fourth-order valence-electron chi connectivity index (χ4n) is 0.843. The molecule has 0 radical (unpaired) electrons. The predicted octanol–water partition coefficient (Wildman–Crippen LogP) is 1.50. The minimum atomic E-state index is -4.78. The van der Waals surface area contributed by atoms with Gasteiger partial charge in [-0.15, -0.1) is 0 Å². The third-order valence-corrected chi connectivity index (χ3v) is 1.41. The number of carboxylic acids is 1. The molecule has 0 aromatic carbocycles. The molecule has 0 aliphatic heterocycles. The standard InChI is InChI=1S/C7H5F3N2O2/c1-3-11-2-4(6(13)14)5(12-3)7(8,9)10/h2H,1H3,(H,13,14). The van der Waals surface area contributed by atoms with Crippen LogP contribution in [-0.2, 0) is 6.18 Å². The van der Waals surface area contributed by atoms with Crippen LogP contribution in [-0.4, -0.2) is 21.0 Å². The summed E-state index contributed by atoms with van der Waals surface area (Å²) in [4.78, 5) is 16.8. The van der Waals surface area contributed by atoms with Crippen LogP contribution in [0.25, 0.3) is 0 Å². The lowest BCUT2D eigenvalue weighted by molar-refractivity contribution is -0.141. The third-order valence-electron chi connectivity index (χ3n) is 1.41. The Morgan fingerprint density at radius 3 is 2.50 bits per heavy atom. The first-order valence-corrected chi connectivity index (χ1v) is 3.46. The van der Waals surface area contributed by atoms with E-state index in [0.717, 1.165) is 0 Å². The van der Waals surface area contributed by atoms with Crippen LogP contribution in [0.3, 0.4) is 0 Å². The highest BCUT2D eigenvalue weighted by molar-refractivity contribution is 5.88. The van der Waals surface area contributed by atoms with Gasteiger partial charge in [-0.25, -0.2) is 14.8 Å². The lowest BCUT2D eigenvalue weighted by atomic mass is 10.2. The topological polar surface area (TPSA) is 63.1 Å². The van der Waals surface area contributed by atoms with Gasteiger partial charge in [0, 0.05) is 6.20 Å². The van der Waals surface area contributed by atoms with Gasteiger partial charge < -0.3 is 5.11 Å². The molecule has 1 rings (SSSR count). The highest BCUT2D eigenvalue weighted by Gasteiger charge is 2.37. The van der Waals surface area contributed by atoms with Gasteiger partial charge in [0.05, 0.1) is 0 Å². The molecule has 7 heteroatoms. The lowest BCUT2D eigenvalue weighted by Crippen LogP contribution is -2.16. The maximum absolute atomic E-state index is 12.2. The second-order valence-corrected chi connectivity index (χ2v) is 2.48. The second-order valence-electron chi connectivity index (χ2n) is 2.48. The Bertz CT molecular complexity index is 376. The van der Waals surface area contributed by atoms with Crippen LogP contribution < -0.4 is 0 Å². The van der Waals surface area contributed by atoms with Gasteiger partial charge in [0.15, 0.2) is 5.69 Å². The molecule has 0 saturated carbocycles. The van der Waals surface area contributed by atoms with Crippen molar-refractivity contribution in [2.75, 3.05) is 0 Å². The lowest BCUT2D eigenvalue weighted by Gasteiger charge is -2.08. The van der Waals surface area contributed by atoms with Crippen LogP contribution in [0.1, 0.15) is 21.9 Å². The monoisotopic (exact) mass is 206 g/mol. The van der Waals surface area contributed by atoms with E-state index in [0.29, 0.717) is 6.20 Å². The van der Waals surface area contributed by atoms with Crippen LogP contribution in [0.4, 0.5) is 13.2 Å². The van der Waals surface area contributed by atoms with Crippen molar-refractivity contribution < 1.29 is 23.1 Å². The van der Waals surface area contributed by atoms with Gasteiger partial charge in [-0.1, -0.05) is 0 Å². The van der Waals surface area contributed by atoms with E-state index in [9.17, 15) is 18.0 Å². The first kappa shape index (κ1) is 10.4. The molecule has 0 bridgehead atoms. The van der Waals surface area contributed by atoms with E-state index in [1.165, 1.54) is 6.92 Å². The number of hydrogen-bond acceptors (Lipinski definition) is 3. The summed E-state index contributed by atoms with van der Waals surface area (Å²) in [6.07, 6.45) is -4.13. The van der Waals surface area contributed by atoms with Crippen molar-refractivity contribution in [3.05, 3.63) is 23.3 Å². The molecular weight excluding hydrogens is 201 g/mol. The molecule has 0 aliphatic rings. The Hall–Kier alpha value is -1.66. The summed E-state index contributed by atoms with van der Waals surface area (Å²) in [7, 11) is 0. The first-order chi connectivity index (χ1) is 6.32. The molecule has 0 fully saturated rings. The molecule has 0 amide bonds. The fraction of sp³-hybridized carbons (Fsp3) is 0.286. The Kier molecular flexibility index (Phi) is 2.41. The van der Waals surface area contributed by atoms with Gasteiger partial charge in [0.2, 0.25) is 0 Å². The normalized spacial score (nSPS) is 11.4. The molecule has 0 aliphatic carbocycles. The molecule has 4 nitrogen and oxygen atoms in total. The molecule has 0 unspecified atom stereocenters. The molecule has 76 valence electrons. The zero-order chi connectivity index (χ0) is 10.9. The number of rotatable bonds is 1. The van der Waals surface area contributed by atoms with Gasteiger partial charge in [-0.3, -0.25) is 0 Å². The first-order valence-electron chi connectivity index (χ1n) is 3.46. The van der Waals surface area contributed by atoms with E-state index >= 15 is 0 Å². The van der Waals surface area contributed by atoms with E-state index < -0.39 is 23.4 Å². The number of aromatic carboxylic acids is 1. The predicted molar refractivity (Wildman–Crippen MR) is 38.7 cm³/mol. The van der Waals surface area contributed by atoms with Crippen molar-refractivity contribution in [1.82, 2.24) is 9.97 Å². The Balaban J connectivity index is 3.38. The summed E-state index contributed by atoms with van der Waals surface area (Å²) in [5, 5.41) is 8.44. The molecular formula is C7H5F3N2O2.